The van der Waals surface area contributed by atoms with E-state index in [1.165, 1.54) is 0 Å². The molecular weight excluding hydrogens is 182 g/mol. The molecule has 1 rings (SSSR count). The van der Waals surface area contributed by atoms with Gasteiger partial charge in [-0.15, -0.1) is 0 Å². The van der Waals surface area contributed by atoms with Gasteiger partial charge in [0.1, 0.15) is 0 Å². The summed E-state index contributed by atoms with van der Waals surface area (Å²) in [6, 6.07) is 7.72. The Bertz CT molecular complexity index is 363. The van der Waals surface area contributed by atoms with E-state index < -0.39 is 0 Å². The summed E-state index contributed by atoms with van der Waals surface area (Å²) in [6.45, 7) is 5.50. The summed E-state index contributed by atoms with van der Waals surface area (Å²) in [5.74, 6) is -0.127. The first-order valence-corrected chi connectivity index (χ1v) is 4.37. The summed E-state index contributed by atoms with van der Waals surface area (Å²) in [5.41, 5.74) is 1.88. The maximum absolute atomic E-state index is 8.72. The lowest BCUT2D eigenvalue weighted by Gasteiger charge is -2.04. The van der Waals surface area contributed by atoms with Crippen LogP contribution < -0.4 is 0 Å². The van der Waals surface area contributed by atoms with E-state index in [9.17, 15) is 0 Å². The second-order valence-electron chi connectivity index (χ2n) is 2.87. The van der Waals surface area contributed by atoms with Crippen LogP contribution in [0.2, 0.25) is 5.02 Å². The van der Waals surface area contributed by atoms with Gasteiger partial charge in [-0.1, -0.05) is 30.3 Å². The number of nitriles is 1. The van der Waals surface area contributed by atoms with Gasteiger partial charge in [0.25, 0.3) is 0 Å². The van der Waals surface area contributed by atoms with Crippen molar-refractivity contribution in [1.82, 2.24) is 0 Å². The normalized spacial score (nSPS) is 11.8. The summed E-state index contributed by atoms with van der Waals surface area (Å²) in [7, 11) is 0. The minimum atomic E-state index is -0.127. The van der Waals surface area contributed by atoms with Gasteiger partial charge >= 0.3 is 0 Å². The molecule has 0 N–H and O–H groups in total. The Hall–Kier alpha value is -1.26. The maximum Gasteiger partial charge on any atom is 0.0700 e. The minimum Gasteiger partial charge on any atom is -0.198 e. The molecule has 1 atom stereocenters. The lowest BCUT2D eigenvalue weighted by molar-refractivity contribution is 0.981. The quantitative estimate of drug-likeness (QED) is 0.701. The third-order valence-electron chi connectivity index (χ3n) is 1.87. The van der Waals surface area contributed by atoms with Crippen molar-refractivity contribution >= 4 is 17.7 Å². The van der Waals surface area contributed by atoms with Crippen molar-refractivity contribution in [3.8, 4) is 6.07 Å². The first-order valence-electron chi connectivity index (χ1n) is 4.00. The molecule has 0 aliphatic heterocycles. The molecular formula is C11H10ClN. The van der Waals surface area contributed by atoms with Crippen LogP contribution in [0.5, 0.6) is 0 Å². The van der Waals surface area contributed by atoms with Gasteiger partial charge in [0.15, 0.2) is 0 Å². The molecule has 0 unspecified atom stereocenters. The van der Waals surface area contributed by atoms with Crippen molar-refractivity contribution in [2.45, 2.75) is 12.8 Å². The molecule has 0 aliphatic carbocycles. The van der Waals surface area contributed by atoms with Crippen LogP contribution in [0.3, 0.4) is 0 Å². The van der Waals surface area contributed by atoms with E-state index in [0.29, 0.717) is 5.02 Å². The van der Waals surface area contributed by atoms with E-state index in [0.717, 1.165) is 11.1 Å². The molecule has 0 heterocycles. The van der Waals surface area contributed by atoms with Gasteiger partial charge < -0.3 is 0 Å². The van der Waals surface area contributed by atoms with E-state index in [2.05, 4.69) is 12.6 Å². The highest BCUT2D eigenvalue weighted by molar-refractivity contribution is 6.30. The number of halogens is 1. The standard InChI is InChI=1S/C11H10ClN/c1-3-9-4-10(8(2)7-13)6-11(12)5-9/h3-6,8H,1H2,2H3/t8-/m0/s1. The van der Waals surface area contributed by atoms with E-state index in [-0.39, 0.29) is 5.92 Å². The van der Waals surface area contributed by atoms with E-state index >= 15 is 0 Å². The second-order valence-corrected chi connectivity index (χ2v) is 3.31. The molecule has 0 spiro atoms. The average Bonchev–Trinajstić information content (AvgIpc) is 2.15. The molecule has 0 saturated heterocycles. The lowest BCUT2D eigenvalue weighted by atomic mass is 10.0. The van der Waals surface area contributed by atoms with Crippen molar-refractivity contribution in [1.29, 1.82) is 5.26 Å². The molecule has 0 fully saturated rings. The number of rotatable bonds is 2. The first kappa shape index (κ1) is 9.83. The van der Waals surface area contributed by atoms with Gasteiger partial charge in [0, 0.05) is 5.02 Å². The molecule has 13 heavy (non-hydrogen) atoms. The van der Waals surface area contributed by atoms with Gasteiger partial charge in [0.2, 0.25) is 0 Å². The molecule has 1 aromatic rings. The zero-order valence-corrected chi connectivity index (χ0v) is 8.17. The van der Waals surface area contributed by atoms with E-state index in [1.807, 2.05) is 25.1 Å². The third-order valence-corrected chi connectivity index (χ3v) is 2.09. The zero-order valence-electron chi connectivity index (χ0n) is 7.42. The summed E-state index contributed by atoms with van der Waals surface area (Å²) in [5, 5.41) is 9.37. The molecule has 0 aromatic heterocycles. The van der Waals surface area contributed by atoms with Gasteiger partial charge in [-0.2, -0.15) is 5.26 Å². The molecule has 0 saturated carbocycles. The summed E-state index contributed by atoms with van der Waals surface area (Å²) < 4.78 is 0. The topological polar surface area (TPSA) is 23.8 Å². The van der Waals surface area contributed by atoms with Crippen LogP contribution in [0.4, 0.5) is 0 Å². The average molecular weight is 192 g/mol. The number of hydrogen-bond acceptors (Lipinski definition) is 1. The highest BCUT2D eigenvalue weighted by atomic mass is 35.5. The Labute approximate surface area is 83.3 Å². The fraction of sp³-hybridized carbons (Fsp3) is 0.182. The molecule has 0 radical (unpaired) electrons. The fourth-order valence-corrected chi connectivity index (χ4v) is 1.33. The van der Waals surface area contributed by atoms with E-state index in [1.54, 1.807) is 6.08 Å². The van der Waals surface area contributed by atoms with Crippen LogP contribution in [0.25, 0.3) is 6.08 Å². The van der Waals surface area contributed by atoms with Crippen LogP contribution in [0.1, 0.15) is 24.0 Å². The smallest absolute Gasteiger partial charge is 0.0700 e. The molecule has 0 bridgehead atoms. The molecule has 66 valence electrons. The van der Waals surface area contributed by atoms with Crippen LogP contribution in [-0.2, 0) is 0 Å². The Kier molecular flexibility index (Phi) is 3.11. The maximum atomic E-state index is 8.72. The van der Waals surface area contributed by atoms with E-state index in [4.69, 9.17) is 16.9 Å². The van der Waals surface area contributed by atoms with Crippen molar-refractivity contribution in [3.05, 3.63) is 40.9 Å². The lowest BCUT2D eigenvalue weighted by Crippen LogP contribution is -1.89. The van der Waals surface area contributed by atoms with Crippen LogP contribution >= 0.6 is 11.6 Å². The minimum absolute atomic E-state index is 0.127. The molecule has 0 aliphatic rings. The molecule has 1 aromatic carbocycles. The van der Waals surface area contributed by atoms with Crippen molar-refractivity contribution in [2.75, 3.05) is 0 Å². The number of benzene rings is 1. The summed E-state index contributed by atoms with van der Waals surface area (Å²) >= 11 is 5.87. The Morgan fingerprint density at radius 1 is 1.54 bits per heavy atom. The Morgan fingerprint density at radius 3 is 2.77 bits per heavy atom. The summed E-state index contributed by atoms with van der Waals surface area (Å²) in [6.07, 6.45) is 1.72. The second kappa shape index (κ2) is 4.11. The third kappa shape index (κ3) is 2.34. The van der Waals surface area contributed by atoms with Gasteiger partial charge in [-0.25, -0.2) is 0 Å². The molecule has 0 amide bonds. The highest BCUT2D eigenvalue weighted by Crippen LogP contribution is 2.21. The predicted molar refractivity (Wildman–Crippen MR) is 55.6 cm³/mol. The molecule has 2 heteroatoms. The fourth-order valence-electron chi connectivity index (χ4n) is 1.08. The predicted octanol–water partition coefficient (Wildman–Crippen LogP) is 3.61. The zero-order chi connectivity index (χ0) is 9.84. The summed E-state index contributed by atoms with van der Waals surface area (Å²) in [4.78, 5) is 0. The van der Waals surface area contributed by atoms with Crippen LogP contribution in [0, 0.1) is 11.3 Å². The number of hydrogen-bond donors (Lipinski definition) is 0. The first-order chi connectivity index (χ1) is 6.17. The van der Waals surface area contributed by atoms with Crippen molar-refractivity contribution < 1.29 is 0 Å². The monoisotopic (exact) mass is 191 g/mol. The van der Waals surface area contributed by atoms with Crippen LogP contribution in [-0.4, -0.2) is 0 Å². The Morgan fingerprint density at radius 2 is 2.23 bits per heavy atom. The van der Waals surface area contributed by atoms with Crippen LogP contribution in [0.15, 0.2) is 24.8 Å². The van der Waals surface area contributed by atoms with Gasteiger partial charge in [0.05, 0.1) is 12.0 Å². The number of nitrogens with zero attached hydrogens (tertiary/aromatic N) is 1. The van der Waals surface area contributed by atoms with Gasteiger partial charge in [-0.3, -0.25) is 0 Å². The van der Waals surface area contributed by atoms with Crippen molar-refractivity contribution in [2.24, 2.45) is 0 Å². The largest absolute Gasteiger partial charge is 0.198 e. The molecule has 1 nitrogen and oxygen atoms in total. The Balaban J connectivity index is 3.17. The van der Waals surface area contributed by atoms with Gasteiger partial charge in [-0.05, 0) is 30.2 Å². The highest BCUT2D eigenvalue weighted by Gasteiger charge is 2.05. The van der Waals surface area contributed by atoms with Crippen molar-refractivity contribution in [3.63, 3.8) is 0 Å². The SMILES string of the molecule is C=Cc1cc(Cl)cc([C@@H](C)C#N)c1.